The Morgan fingerprint density at radius 3 is 2.42 bits per heavy atom. The first-order valence-corrected chi connectivity index (χ1v) is 7.33. The molecule has 1 atom stereocenters. The number of aliphatic hydroxyl groups excluding tert-OH is 1. The van der Waals surface area contributed by atoms with E-state index < -0.39 is 5.54 Å². The topological polar surface area (TPSA) is 32.3 Å². The van der Waals surface area contributed by atoms with Gasteiger partial charge in [0.2, 0.25) is 0 Å². The van der Waals surface area contributed by atoms with Crippen molar-refractivity contribution in [2.75, 3.05) is 11.9 Å². The third-order valence-corrected chi connectivity index (χ3v) is 3.96. The molecule has 3 heteroatoms. The Balaban J connectivity index is 2.29. The predicted molar refractivity (Wildman–Crippen MR) is 88.4 cm³/mol. The van der Waals surface area contributed by atoms with Crippen LogP contribution in [0.25, 0.3) is 0 Å². The Kier molecular flexibility index (Phi) is 4.47. The molecule has 2 aromatic rings. The summed E-state index contributed by atoms with van der Waals surface area (Å²) < 4.78 is 1.19. The lowest BCUT2D eigenvalue weighted by molar-refractivity contribution is 0.224. The summed E-state index contributed by atoms with van der Waals surface area (Å²) in [6.45, 7) is 4.12. The number of hydrogen-bond acceptors (Lipinski definition) is 2. The summed E-state index contributed by atoms with van der Waals surface area (Å²) in [6, 6.07) is 16.4. The van der Waals surface area contributed by atoms with Gasteiger partial charge in [-0.1, -0.05) is 24.3 Å². The Labute approximate surface area is 128 Å². The van der Waals surface area contributed by atoms with Gasteiger partial charge in [0.15, 0.2) is 0 Å². The third-order valence-electron chi connectivity index (χ3n) is 3.24. The Morgan fingerprint density at radius 1 is 1.16 bits per heavy atom. The van der Waals surface area contributed by atoms with Crippen molar-refractivity contribution in [3.05, 3.63) is 63.2 Å². The van der Waals surface area contributed by atoms with Crippen LogP contribution in [-0.2, 0) is 5.54 Å². The van der Waals surface area contributed by atoms with Crippen LogP contribution in [0, 0.1) is 10.5 Å². The van der Waals surface area contributed by atoms with E-state index in [1.54, 1.807) is 0 Å². The fourth-order valence-electron chi connectivity index (χ4n) is 2.06. The molecule has 0 bridgehead atoms. The van der Waals surface area contributed by atoms with Crippen LogP contribution < -0.4 is 5.32 Å². The first-order chi connectivity index (χ1) is 9.03. The molecule has 2 N–H and O–H groups in total. The van der Waals surface area contributed by atoms with Gasteiger partial charge in [-0.3, -0.25) is 0 Å². The van der Waals surface area contributed by atoms with Crippen molar-refractivity contribution in [1.82, 2.24) is 0 Å². The van der Waals surface area contributed by atoms with Crippen molar-refractivity contribution < 1.29 is 5.11 Å². The van der Waals surface area contributed by atoms with Gasteiger partial charge in [-0.2, -0.15) is 0 Å². The summed E-state index contributed by atoms with van der Waals surface area (Å²) in [5.41, 5.74) is 2.83. The van der Waals surface area contributed by atoms with E-state index in [-0.39, 0.29) is 6.61 Å². The molecule has 0 aliphatic carbocycles. The first-order valence-electron chi connectivity index (χ1n) is 6.25. The predicted octanol–water partition coefficient (Wildman–Crippen LogP) is 3.92. The van der Waals surface area contributed by atoms with Crippen molar-refractivity contribution in [2.24, 2.45) is 0 Å². The van der Waals surface area contributed by atoms with E-state index in [4.69, 9.17) is 0 Å². The highest BCUT2D eigenvalue weighted by Crippen LogP contribution is 2.26. The van der Waals surface area contributed by atoms with Crippen molar-refractivity contribution in [2.45, 2.75) is 19.4 Å². The van der Waals surface area contributed by atoms with Crippen LogP contribution in [0.3, 0.4) is 0 Å². The SMILES string of the molecule is Cc1cccc(NC(C)(CO)c2ccc(I)cc2)c1. The smallest absolute Gasteiger partial charge is 0.0828 e. The highest BCUT2D eigenvalue weighted by molar-refractivity contribution is 14.1. The first kappa shape index (κ1) is 14.3. The van der Waals surface area contributed by atoms with Crippen LogP contribution in [-0.4, -0.2) is 11.7 Å². The number of benzene rings is 2. The second-order valence-electron chi connectivity index (χ2n) is 4.99. The number of hydrogen-bond donors (Lipinski definition) is 2. The molecule has 0 saturated heterocycles. The van der Waals surface area contributed by atoms with E-state index in [0.717, 1.165) is 11.3 Å². The zero-order chi connectivity index (χ0) is 13.9. The lowest BCUT2D eigenvalue weighted by Gasteiger charge is -2.30. The molecule has 0 radical (unpaired) electrons. The van der Waals surface area contributed by atoms with Gasteiger partial charge in [-0.15, -0.1) is 0 Å². The molecule has 0 heterocycles. The minimum atomic E-state index is -0.474. The molecule has 2 nitrogen and oxygen atoms in total. The molecule has 0 spiro atoms. The van der Waals surface area contributed by atoms with E-state index in [1.165, 1.54) is 9.13 Å². The maximum Gasteiger partial charge on any atom is 0.0828 e. The highest BCUT2D eigenvalue weighted by atomic mass is 127. The lowest BCUT2D eigenvalue weighted by atomic mass is 9.92. The summed E-state index contributed by atoms with van der Waals surface area (Å²) in [7, 11) is 0. The summed E-state index contributed by atoms with van der Waals surface area (Å²) >= 11 is 2.28. The minimum absolute atomic E-state index is 0.0432. The Hall–Kier alpha value is -1.07. The van der Waals surface area contributed by atoms with Gasteiger partial charge < -0.3 is 10.4 Å². The lowest BCUT2D eigenvalue weighted by Crippen LogP contribution is -2.35. The Morgan fingerprint density at radius 2 is 1.84 bits per heavy atom. The zero-order valence-corrected chi connectivity index (χ0v) is 13.3. The number of rotatable bonds is 4. The van der Waals surface area contributed by atoms with Crippen LogP contribution in [0.15, 0.2) is 48.5 Å². The normalized spacial score (nSPS) is 13.9. The molecule has 2 rings (SSSR count). The quantitative estimate of drug-likeness (QED) is 0.803. The fraction of sp³-hybridized carbons (Fsp3) is 0.250. The van der Waals surface area contributed by atoms with Gasteiger partial charge in [0.05, 0.1) is 12.1 Å². The number of anilines is 1. The van der Waals surface area contributed by atoms with Crippen LogP contribution in [0.1, 0.15) is 18.1 Å². The van der Waals surface area contributed by atoms with Crippen molar-refractivity contribution in [3.8, 4) is 0 Å². The van der Waals surface area contributed by atoms with E-state index >= 15 is 0 Å². The second-order valence-corrected chi connectivity index (χ2v) is 6.24. The maximum atomic E-state index is 9.77. The molecule has 0 saturated carbocycles. The standard InChI is InChI=1S/C16H18INO/c1-12-4-3-5-15(10-12)18-16(2,11-19)13-6-8-14(17)9-7-13/h3-10,18-19H,11H2,1-2H3. The van der Waals surface area contributed by atoms with Crippen LogP contribution >= 0.6 is 22.6 Å². The van der Waals surface area contributed by atoms with Crippen LogP contribution in [0.2, 0.25) is 0 Å². The monoisotopic (exact) mass is 367 g/mol. The van der Waals surface area contributed by atoms with Gasteiger partial charge in [-0.05, 0) is 71.8 Å². The molecule has 100 valence electrons. The van der Waals surface area contributed by atoms with Crippen LogP contribution in [0.4, 0.5) is 5.69 Å². The fourth-order valence-corrected chi connectivity index (χ4v) is 2.42. The number of aryl methyl sites for hydroxylation is 1. The summed E-state index contributed by atoms with van der Waals surface area (Å²) in [6.07, 6.45) is 0. The van der Waals surface area contributed by atoms with E-state index in [1.807, 2.05) is 19.1 Å². The molecule has 0 amide bonds. The largest absolute Gasteiger partial charge is 0.394 e. The third kappa shape index (κ3) is 3.48. The van der Waals surface area contributed by atoms with E-state index in [2.05, 4.69) is 71.2 Å². The number of aliphatic hydroxyl groups is 1. The molecule has 0 aromatic heterocycles. The zero-order valence-electron chi connectivity index (χ0n) is 11.2. The van der Waals surface area contributed by atoms with Gasteiger partial charge in [0.25, 0.3) is 0 Å². The van der Waals surface area contributed by atoms with Crippen molar-refractivity contribution in [1.29, 1.82) is 0 Å². The Bertz CT molecular complexity index is 553. The maximum absolute atomic E-state index is 9.77. The average Bonchev–Trinajstić information content (AvgIpc) is 2.39. The molecule has 0 aliphatic heterocycles. The molecule has 19 heavy (non-hydrogen) atoms. The average molecular weight is 367 g/mol. The summed E-state index contributed by atoms with van der Waals surface area (Å²) in [5, 5.41) is 13.2. The molecule has 2 aromatic carbocycles. The van der Waals surface area contributed by atoms with Crippen molar-refractivity contribution >= 4 is 28.3 Å². The van der Waals surface area contributed by atoms with E-state index in [9.17, 15) is 5.11 Å². The minimum Gasteiger partial charge on any atom is -0.394 e. The molecular formula is C16H18INO. The van der Waals surface area contributed by atoms with Crippen LogP contribution in [0.5, 0.6) is 0 Å². The summed E-state index contributed by atoms with van der Waals surface area (Å²) in [5.74, 6) is 0. The molecular weight excluding hydrogens is 349 g/mol. The number of halogens is 1. The van der Waals surface area contributed by atoms with Gasteiger partial charge in [-0.25, -0.2) is 0 Å². The number of nitrogens with one attached hydrogen (secondary N) is 1. The van der Waals surface area contributed by atoms with E-state index in [0.29, 0.717) is 0 Å². The van der Waals surface area contributed by atoms with Crippen molar-refractivity contribution in [3.63, 3.8) is 0 Å². The molecule has 0 aliphatic rings. The highest BCUT2D eigenvalue weighted by Gasteiger charge is 2.25. The molecule has 1 unspecified atom stereocenters. The van der Waals surface area contributed by atoms with Gasteiger partial charge in [0.1, 0.15) is 0 Å². The van der Waals surface area contributed by atoms with Gasteiger partial charge >= 0.3 is 0 Å². The summed E-state index contributed by atoms with van der Waals surface area (Å²) in [4.78, 5) is 0. The molecule has 0 fully saturated rings. The van der Waals surface area contributed by atoms with Gasteiger partial charge in [0, 0.05) is 9.26 Å². The second kappa shape index (κ2) is 5.92.